The van der Waals surface area contributed by atoms with Crippen molar-refractivity contribution >= 4 is 32.8 Å². The van der Waals surface area contributed by atoms with Crippen LogP contribution in [-0.2, 0) is 4.79 Å². The largest absolute Gasteiger partial charge is 0.282 e. The first kappa shape index (κ1) is 11.3. The van der Waals surface area contributed by atoms with E-state index in [1.54, 1.807) is 0 Å². The van der Waals surface area contributed by atoms with E-state index >= 15 is 0 Å². The molecule has 3 heteroatoms. The summed E-state index contributed by atoms with van der Waals surface area (Å²) in [4.78, 5) is 9.21. The van der Waals surface area contributed by atoms with E-state index < -0.39 is 0 Å². The van der Waals surface area contributed by atoms with E-state index in [0.717, 1.165) is 5.33 Å². The van der Waals surface area contributed by atoms with Crippen LogP contribution in [0, 0.1) is 0 Å². The fourth-order valence-electron chi connectivity index (χ4n) is 0. The highest BCUT2D eigenvalue weighted by molar-refractivity contribution is 9.09. The van der Waals surface area contributed by atoms with Crippen LogP contribution in [0.4, 0.5) is 0 Å². The van der Waals surface area contributed by atoms with Crippen LogP contribution >= 0.6 is 27.5 Å². The normalized spacial score (nSPS) is 7.00. The second kappa shape index (κ2) is 10.4. The Morgan fingerprint density at radius 3 is 1.88 bits per heavy atom. The van der Waals surface area contributed by atoms with Gasteiger partial charge in [0.05, 0.1) is 0 Å². The van der Waals surface area contributed by atoms with Crippen molar-refractivity contribution in [1.29, 1.82) is 0 Å². The summed E-state index contributed by atoms with van der Waals surface area (Å²) >= 11 is 7.88. The minimum Gasteiger partial charge on any atom is -0.282 e. The van der Waals surface area contributed by atoms with Crippen LogP contribution in [0.1, 0.15) is 20.3 Å². The molecule has 0 heterocycles. The number of alkyl halides is 1. The fraction of sp³-hybridized carbons (Fsp3) is 0.800. The van der Waals surface area contributed by atoms with Crippen LogP contribution in [0.15, 0.2) is 0 Å². The summed E-state index contributed by atoms with van der Waals surface area (Å²) in [6, 6.07) is 0. The summed E-state index contributed by atoms with van der Waals surface area (Å²) in [5, 5.41) is 0.771. The van der Waals surface area contributed by atoms with Gasteiger partial charge in [-0.1, -0.05) is 22.9 Å². The summed E-state index contributed by atoms with van der Waals surface area (Å²) in [5.41, 5.74) is 0. The highest BCUT2D eigenvalue weighted by Gasteiger charge is 1.67. The number of carbonyl (C=O) groups excluding carboxylic acids is 1. The van der Waals surface area contributed by atoms with Gasteiger partial charge in [-0.25, -0.2) is 0 Å². The number of hydrogen-bond donors (Lipinski definition) is 0. The maximum atomic E-state index is 9.21. The summed E-state index contributed by atoms with van der Waals surface area (Å²) in [7, 11) is 0. The van der Waals surface area contributed by atoms with Crippen molar-refractivity contribution in [3.05, 3.63) is 0 Å². The third kappa shape index (κ3) is 91.9. The predicted molar refractivity (Wildman–Crippen MR) is 40.6 cm³/mol. The lowest BCUT2D eigenvalue weighted by atomic mass is 10.6. The van der Waals surface area contributed by atoms with Crippen molar-refractivity contribution < 1.29 is 4.79 Å². The number of hydrogen-bond acceptors (Lipinski definition) is 1. The van der Waals surface area contributed by atoms with Crippen molar-refractivity contribution in [3.63, 3.8) is 0 Å². The van der Waals surface area contributed by atoms with E-state index in [9.17, 15) is 4.79 Å². The molecule has 50 valence electrons. The highest BCUT2D eigenvalue weighted by atomic mass is 79.9. The van der Waals surface area contributed by atoms with Gasteiger partial charge in [0.25, 0.3) is 0 Å². The van der Waals surface area contributed by atoms with E-state index in [1.807, 2.05) is 0 Å². The molecule has 0 N–H and O–H groups in total. The maximum absolute atomic E-state index is 9.21. The zero-order valence-electron chi connectivity index (χ0n) is 5.08. The fourth-order valence-corrected chi connectivity index (χ4v) is 0. The third-order valence-corrected chi connectivity index (χ3v) is 0.982. The van der Waals surface area contributed by atoms with Crippen molar-refractivity contribution in [2.24, 2.45) is 0 Å². The number of carbonyl (C=O) groups is 1. The molecule has 0 bridgehead atoms. The Kier molecular flexibility index (Phi) is 14.7. The Hall–Kier alpha value is 0.440. The van der Waals surface area contributed by atoms with Gasteiger partial charge in [-0.15, -0.1) is 0 Å². The molecule has 0 aliphatic carbocycles. The number of halogens is 2. The molecule has 0 aliphatic rings. The molecule has 0 rings (SSSR count). The first-order valence-electron chi connectivity index (χ1n) is 2.37. The van der Waals surface area contributed by atoms with E-state index in [4.69, 9.17) is 0 Å². The van der Waals surface area contributed by atoms with Crippen LogP contribution in [0.5, 0.6) is 0 Å². The Bertz CT molecular complexity index is 50.4. The molecule has 0 spiro atoms. The van der Waals surface area contributed by atoms with Gasteiger partial charge in [-0.3, -0.25) is 4.79 Å². The lowest BCUT2D eigenvalue weighted by Gasteiger charge is -1.66. The Morgan fingerprint density at radius 1 is 1.75 bits per heavy atom. The Morgan fingerprint density at radius 2 is 1.88 bits per heavy atom. The lowest BCUT2D eigenvalue weighted by Crippen LogP contribution is -1.62. The molecule has 0 aliphatic heterocycles. The zero-order valence-corrected chi connectivity index (χ0v) is 7.42. The molecular weight excluding hydrogens is 191 g/mol. The summed E-state index contributed by atoms with van der Waals surface area (Å²) in [5.74, 6) is 0. The van der Waals surface area contributed by atoms with Gasteiger partial charge < -0.3 is 0 Å². The summed E-state index contributed by atoms with van der Waals surface area (Å²) in [6.45, 7) is 3.43. The van der Waals surface area contributed by atoms with Crippen LogP contribution in [0.25, 0.3) is 0 Å². The van der Waals surface area contributed by atoms with Crippen molar-refractivity contribution in [3.8, 4) is 0 Å². The van der Waals surface area contributed by atoms with Crippen molar-refractivity contribution in [1.82, 2.24) is 0 Å². The van der Waals surface area contributed by atoms with Gasteiger partial charge in [-0.05, 0) is 18.0 Å². The second-order valence-electron chi connectivity index (χ2n) is 1.16. The van der Waals surface area contributed by atoms with Gasteiger partial charge in [0.2, 0.25) is 5.24 Å². The zero-order chi connectivity index (χ0) is 6.99. The summed E-state index contributed by atoms with van der Waals surface area (Å²) in [6.07, 6.45) is 1.24. The molecule has 0 saturated carbocycles. The van der Waals surface area contributed by atoms with Gasteiger partial charge in [0.1, 0.15) is 0 Å². The molecular formula is C5H10BrClO. The average Bonchev–Trinajstić information content (AvgIpc) is 1.65. The SMILES string of the molecule is CC(=O)Cl.CCCBr. The van der Waals surface area contributed by atoms with Crippen LogP contribution in [0.3, 0.4) is 0 Å². The highest BCUT2D eigenvalue weighted by Crippen LogP contribution is 1.80. The molecule has 0 fully saturated rings. The lowest BCUT2D eigenvalue weighted by molar-refractivity contribution is -0.109. The van der Waals surface area contributed by atoms with Crippen LogP contribution < -0.4 is 0 Å². The molecule has 0 saturated heterocycles. The molecule has 0 amide bonds. The van der Waals surface area contributed by atoms with E-state index in [-0.39, 0.29) is 5.24 Å². The Balaban J connectivity index is 0. The molecule has 0 unspecified atom stereocenters. The topological polar surface area (TPSA) is 17.1 Å². The van der Waals surface area contributed by atoms with E-state index in [0.29, 0.717) is 0 Å². The van der Waals surface area contributed by atoms with E-state index in [1.165, 1.54) is 13.3 Å². The molecule has 0 aromatic carbocycles. The second-order valence-corrected chi connectivity index (χ2v) is 2.48. The molecule has 0 radical (unpaired) electrons. The van der Waals surface area contributed by atoms with Gasteiger partial charge in [0, 0.05) is 12.3 Å². The quantitative estimate of drug-likeness (QED) is 0.471. The maximum Gasteiger partial charge on any atom is 0.218 e. The van der Waals surface area contributed by atoms with Crippen molar-refractivity contribution in [2.45, 2.75) is 20.3 Å². The molecule has 0 atom stereocenters. The molecule has 0 aromatic heterocycles. The van der Waals surface area contributed by atoms with Gasteiger partial charge >= 0.3 is 0 Å². The van der Waals surface area contributed by atoms with Crippen LogP contribution in [0.2, 0.25) is 0 Å². The Labute approximate surface area is 63.5 Å². The molecule has 0 aromatic rings. The number of rotatable bonds is 1. The van der Waals surface area contributed by atoms with Crippen molar-refractivity contribution in [2.75, 3.05) is 5.33 Å². The predicted octanol–water partition coefficient (Wildman–Crippen LogP) is 2.56. The standard InChI is InChI=1S/C3H7Br.C2H3ClO/c1-2-3-4;1-2(3)4/h2-3H2,1H3;1H3. The summed E-state index contributed by atoms with van der Waals surface area (Å²) < 4.78 is 0. The van der Waals surface area contributed by atoms with E-state index in [2.05, 4.69) is 34.5 Å². The minimum absolute atomic E-state index is 0.361. The van der Waals surface area contributed by atoms with Gasteiger partial charge in [0.15, 0.2) is 0 Å². The monoisotopic (exact) mass is 200 g/mol. The minimum atomic E-state index is -0.361. The smallest absolute Gasteiger partial charge is 0.218 e. The molecule has 1 nitrogen and oxygen atoms in total. The molecule has 8 heavy (non-hydrogen) atoms. The van der Waals surface area contributed by atoms with Crippen LogP contribution in [-0.4, -0.2) is 10.6 Å². The first-order valence-corrected chi connectivity index (χ1v) is 3.87. The third-order valence-electron chi connectivity index (χ3n) is 0.189. The average molecular weight is 201 g/mol. The first-order chi connectivity index (χ1) is 3.65. The van der Waals surface area contributed by atoms with Gasteiger partial charge in [-0.2, -0.15) is 0 Å².